The van der Waals surface area contributed by atoms with E-state index in [2.05, 4.69) is 0 Å². The van der Waals surface area contributed by atoms with E-state index in [0.717, 1.165) is 17.7 Å². The Morgan fingerprint density at radius 1 is 1.14 bits per heavy atom. The van der Waals surface area contributed by atoms with E-state index in [1.807, 2.05) is 19.1 Å². The normalized spacial score (nSPS) is 10.4. The fourth-order valence-electron chi connectivity index (χ4n) is 0.961. The van der Waals surface area contributed by atoms with Gasteiger partial charge in [0.05, 0.1) is 0 Å². The fraction of sp³-hybridized carbons (Fsp3) is 0.0909. The molecule has 0 aliphatic rings. The quantitative estimate of drug-likeness (QED) is 0.584. The van der Waals surface area contributed by atoms with Crippen LogP contribution in [0.4, 0.5) is 0 Å². The van der Waals surface area contributed by atoms with Gasteiger partial charge in [-0.2, -0.15) is 0 Å². The summed E-state index contributed by atoms with van der Waals surface area (Å²) in [6.45, 7) is 1.92. The van der Waals surface area contributed by atoms with Crippen molar-refractivity contribution in [2.24, 2.45) is 0 Å². The maximum atomic E-state index is 11.3. The highest BCUT2D eigenvalue weighted by atomic mass is 16.4. The Labute approximate surface area is 81.7 Å². The van der Waals surface area contributed by atoms with Gasteiger partial charge in [0, 0.05) is 11.6 Å². The summed E-state index contributed by atoms with van der Waals surface area (Å²) in [5, 5.41) is 8.31. The molecular weight excluding hydrogens is 180 g/mol. The standard InChI is InChI=1S/C11H10O3/c1-8-2-4-9(5-3-8)10(12)6-7-11(13)14/h2-7H,1H3,(H,13,14). The molecule has 0 spiro atoms. The Balaban J connectivity index is 2.80. The summed E-state index contributed by atoms with van der Waals surface area (Å²) in [7, 11) is 0. The second-order valence-corrected chi connectivity index (χ2v) is 2.90. The molecule has 0 heterocycles. The van der Waals surface area contributed by atoms with Crippen LogP contribution in [0, 0.1) is 6.92 Å². The number of allylic oxidation sites excluding steroid dienone is 1. The third kappa shape index (κ3) is 2.86. The molecule has 0 radical (unpaired) electrons. The molecule has 0 aliphatic carbocycles. The van der Waals surface area contributed by atoms with Crippen LogP contribution in [0.3, 0.4) is 0 Å². The van der Waals surface area contributed by atoms with Gasteiger partial charge in [0.2, 0.25) is 0 Å². The monoisotopic (exact) mass is 190 g/mol. The van der Waals surface area contributed by atoms with Crippen molar-refractivity contribution < 1.29 is 14.7 Å². The molecule has 0 aromatic heterocycles. The van der Waals surface area contributed by atoms with E-state index >= 15 is 0 Å². The minimum Gasteiger partial charge on any atom is -0.478 e. The molecule has 1 aromatic carbocycles. The highest BCUT2D eigenvalue weighted by Gasteiger charge is 2.00. The molecule has 0 aliphatic heterocycles. The first-order chi connectivity index (χ1) is 6.59. The van der Waals surface area contributed by atoms with Crippen LogP contribution in [0.2, 0.25) is 0 Å². The number of ketones is 1. The minimum atomic E-state index is -1.12. The van der Waals surface area contributed by atoms with Crippen molar-refractivity contribution in [2.45, 2.75) is 6.92 Å². The Bertz CT molecular complexity index is 374. The molecule has 0 saturated heterocycles. The van der Waals surface area contributed by atoms with Crippen LogP contribution in [0.25, 0.3) is 0 Å². The summed E-state index contributed by atoms with van der Waals surface area (Å²) in [6.07, 6.45) is 1.88. The Morgan fingerprint density at radius 2 is 1.71 bits per heavy atom. The lowest BCUT2D eigenvalue weighted by atomic mass is 10.1. The van der Waals surface area contributed by atoms with Gasteiger partial charge in [-0.05, 0) is 13.0 Å². The van der Waals surface area contributed by atoms with Gasteiger partial charge in [0.1, 0.15) is 0 Å². The molecule has 1 rings (SSSR count). The number of aliphatic carboxylic acids is 1. The molecule has 3 heteroatoms. The van der Waals surface area contributed by atoms with Crippen molar-refractivity contribution in [3.63, 3.8) is 0 Å². The van der Waals surface area contributed by atoms with Crippen LogP contribution in [-0.4, -0.2) is 16.9 Å². The number of carbonyl (C=O) groups excluding carboxylic acids is 1. The molecule has 0 amide bonds. The van der Waals surface area contributed by atoms with Crippen molar-refractivity contribution in [3.8, 4) is 0 Å². The highest BCUT2D eigenvalue weighted by Crippen LogP contribution is 2.04. The number of hydrogen-bond acceptors (Lipinski definition) is 2. The summed E-state index contributed by atoms with van der Waals surface area (Å²) in [4.78, 5) is 21.5. The zero-order valence-corrected chi connectivity index (χ0v) is 7.73. The second-order valence-electron chi connectivity index (χ2n) is 2.90. The molecule has 0 saturated carbocycles. The number of aryl methyl sites for hydroxylation is 1. The maximum absolute atomic E-state index is 11.3. The maximum Gasteiger partial charge on any atom is 0.328 e. The molecule has 3 nitrogen and oxygen atoms in total. The average Bonchev–Trinajstić information content (AvgIpc) is 2.15. The van der Waals surface area contributed by atoms with Crippen molar-refractivity contribution in [1.82, 2.24) is 0 Å². The number of rotatable bonds is 3. The topological polar surface area (TPSA) is 54.4 Å². The predicted octanol–water partition coefficient (Wildman–Crippen LogP) is 1.82. The van der Waals surface area contributed by atoms with E-state index < -0.39 is 5.97 Å². The number of carbonyl (C=O) groups is 2. The first kappa shape index (κ1) is 10.2. The van der Waals surface area contributed by atoms with Gasteiger partial charge in [-0.1, -0.05) is 29.8 Å². The molecule has 1 N–H and O–H groups in total. The van der Waals surface area contributed by atoms with Crippen LogP contribution in [-0.2, 0) is 4.79 Å². The zero-order valence-electron chi connectivity index (χ0n) is 7.73. The summed E-state index contributed by atoms with van der Waals surface area (Å²) >= 11 is 0. The Hall–Kier alpha value is -1.90. The lowest BCUT2D eigenvalue weighted by Gasteiger charge is -1.95. The molecule has 14 heavy (non-hydrogen) atoms. The lowest BCUT2D eigenvalue weighted by molar-refractivity contribution is -0.131. The van der Waals surface area contributed by atoms with E-state index in [9.17, 15) is 9.59 Å². The SMILES string of the molecule is Cc1ccc(C(=O)C=CC(=O)O)cc1. The zero-order chi connectivity index (χ0) is 10.6. The summed E-state index contributed by atoms with van der Waals surface area (Å²) in [6, 6.07) is 6.96. The number of carboxylic acid groups (broad SMARTS) is 1. The third-order valence-electron chi connectivity index (χ3n) is 1.71. The van der Waals surface area contributed by atoms with Crippen LogP contribution >= 0.6 is 0 Å². The summed E-state index contributed by atoms with van der Waals surface area (Å²) in [5.74, 6) is -1.42. The van der Waals surface area contributed by atoms with E-state index in [4.69, 9.17) is 5.11 Å². The van der Waals surface area contributed by atoms with Crippen molar-refractivity contribution in [3.05, 3.63) is 47.5 Å². The van der Waals surface area contributed by atoms with Crippen molar-refractivity contribution >= 4 is 11.8 Å². The molecule has 1 aromatic rings. The third-order valence-corrected chi connectivity index (χ3v) is 1.71. The van der Waals surface area contributed by atoms with Crippen molar-refractivity contribution in [1.29, 1.82) is 0 Å². The largest absolute Gasteiger partial charge is 0.478 e. The highest BCUT2D eigenvalue weighted by molar-refractivity contribution is 6.06. The van der Waals surface area contributed by atoms with Crippen LogP contribution < -0.4 is 0 Å². The van der Waals surface area contributed by atoms with Gasteiger partial charge in [0.15, 0.2) is 5.78 Å². The van der Waals surface area contributed by atoms with Gasteiger partial charge >= 0.3 is 5.97 Å². The summed E-state index contributed by atoms with van der Waals surface area (Å²) in [5.41, 5.74) is 1.55. The van der Waals surface area contributed by atoms with Crippen molar-refractivity contribution in [2.75, 3.05) is 0 Å². The Morgan fingerprint density at radius 3 is 2.21 bits per heavy atom. The molecule has 0 atom stereocenters. The smallest absolute Gasteiger partial charge is 0.328 e. The van der Waals surface area contributed by atoms with Crippen LogP contribution in [0.5, 0.6) is 0 Å². The van der Waals surface area contributed by atoms with Gasteiger partial charge in [-0.25, -0.2) is 4.79 Å². The average molecular weight is 190 g/mol. The first-order valence-electron chi connectivity index (χ1n) is 4.11. The van der Waals surface area contributed by atoms with E-state index in [1.165, 1.54) is 0 Å². The predicted molar refractivity (Wildman–Crippen MR) is 52.3 cm³/mol. The fourth-order valence-corrected chi connectivity index (χ4v) is 0.961. The lowest BCUT2D eigenvalue weighted by Crippen LogP contribution is -1.96. The van der Waals surface area contributed by atoms with Crippen LogP contribution in [0.15, 0.2) is 36.4 Å². The number of benzene rings is 1. The van der Waals surface area contributed by atoms with Gasteiger partial charge in [0.25, 0.3) is 0 Å². The molecule has 72 valence electrons. The molecule has 0 bridgehead atoms. The van der Waals surface area contributed by atoms with E-state index in [0.29, 0.717) is 5.56 Å². The van der Waals surface area contributed by atoms with Crippen LogP contribution in [0.1, 0.15) is 15.9 Å². The minimum absolute atomic E-state index is 0.299. The number of hydrogen-bond donors (Lipinski definition) is 1. The molecule has 0 unspecified atom stereocenters. The van der Waals surface area contributed by atoms with E-state index in [-0.39, 0.29) is 5.78 Å². The molecular formula is C11H10O3. The van der Waals surface area contributed by atoms with E-state index in [1.54, 1.807) is 12.1 Å². The first-order valence-corrected chi connectivity index (χ1v) is 4.11. The Kier molecular flexibility index (Phi) is 3.18. The second kappa shape index (κ2) is 4.37. The van der Waals surface area contributed by atoms with Gasteiger partial charge in [-0.15, -0.1) is 0 Å². The summed E-state index contributed by atoms with van der Waals surface area (Å²) < 4.78 is 0. The van der Waals surface area contributed by atoms with Gasteiger partial charge < -0.3 is 5.11 Å². The number of carboxylic acids is 1. The van der Waals surface area contributed by atoms with Gasteiger partial charge in [-0.3, -0.25) is 4.79 Å². The molecule has 0 fully saturated rings.